The molecule has 4 nitrogen and oxygen atoms in total. The minimum Gasteiger partial charge on any atom is -0.399 e. The number of ketones is 1. The van der Waals surface area contributed by atoms with Gasteiger partial charge in [-0.1, -0.05) is 0 Å². The van der Waals surface area contributed by atoms with E-state index in [1.54, 1.807) is 6.07 Å². The molecule has 2 N–H and O–H groups in total. The van der Waals surface area contributed by atoms with Gasteiger partial charge in [0, 0.05) is 23.6 Å². The Bertz CT molecular complexity index is 865. The van der Waals surface area contributed by atoms with E-state index in [9.17, 15) is 13.6 Å². The number of rotatable bonds is 2. The molecule has 1 heterocycles. The van der Waals surface area contributed by atoms with Crippen LogP contribution in [0.3, 0.4) is 0 Å². The van der Waals surface area contributed by atoms with Crippen molar-refractivity contribution in [1.82, 2.24) is 9.97 Å². The summed E-state index contributed by atoms with van der Waals surface area (Å²) in [4.78, 5) is 20.4. The van der Waals surface area contributed by atoms with Crippen LogP contribution in [-0.2, 0) is 0 Å². The Morgan fingerprint density at radius 1 is 1.00 bits per heavy atom. The number of halogens is 2. The molecule has 0 radical (unpaired) electrons. The predicted molar refractivity (Wildman–Crippen MR) is 73.7 cm³/mol. The topological polar surface area (TPSA) is 68.9 Å². The van der Waals surface area contributed by atoms with E-state index in [4.69, 9.17) is 5.73 Å². The van der Waals surface area contributed by atoms with Crippen LogP contribution in [0.1, 0.15) is 15.9 Å². The first-order valence-corrected chi connectivity index (χ1v) is 6.06. The largest absolute Gasteiger partial charge is 0.399 e. The number of carbonyl (C=O) groups is 1. The zero-order chi connectivity index (χ0) is 15.0. The first-order chi connectivity index (χ1) is 10.1. The van der Waals surface area contributed by atoms with Crippen molar-refractivity contribution < 1.29 is 13.6 Å². The summed E-state index contributed by atoms with van der Waals surface area (Å²) in [6, 6.07) is 6.50. The van der Waals surface area contributed by atoms with E-state index in [0.29, 0.717) is 11.0 Å². The second kappa shape index (κ2) is 4.90. The Kier molecular flexibility index (Phi) is 3.06. The number of nitrogens with two attached hydrogens (primary N) is 1. The van der Waals surface area contributed by atoms with Crippen LogP contribution >= 0.6 is 0 Å². The molecule has 0 atom stereocenters. The fraction of sp³-hybridized carbons (Fsp3) is 0. The highest BCUT2D eigenvalue weighted by atomic mass is 19.2. The number of hydrogen-bond donors (Lipinski definition) is 1. The van der Waals surface area contributed by atoms with Crippen molar-refractivity contribution in [2.75, 3.05) is 5.73 Å². The molecule has 0 bridgehead atoms. The van der Waals surface area contributed by atoms with Gasteiger partial charge in [0.25, 0.3) is 0 Å². The van der Waals surface area contributed by atoms with Crippen LogP contribution in [-0.4, -0.2) is 15.8 Å². The van der Waals surface area contributed by atoms with Gasteiger partial charge in [-0.25, -0.2) is 8.78 Å². The second-order valence-corrected chi connectivity index (χ2v) is 4.45. The van der Waals surface area contributed by atoms with Gasteiger partial charge in [0.05, 0.1) is 16.6 Å². The van der Waals surface area contributed by atoms with Gasteiger partial charge >= 0.3 is 0 Å². The quantitative estimate of drug-likeness (QED) is 0.580. The number of aromatic nitrogens is 2. The monoisotopic (exact) mass is 285 g/mol. The Labute approximate surface area is 118 Å². The summed E-state index contributed by atoms with van der Waals surface area (Å²) >= 11 is 0. The van der Waals surface area contributed by atoms with E-state index < -0.39 is 23.0 Å². The highest BCUT2D eigenvalue weighted by Crippen LogP contribution is 2.21. The summed E-state index contributed by atoms with van der Waals surface area (Å²) in [6.07, 6.45) is 3.01. The number of hydrogen-bond acceptors (Lipinski definition) is 4. The van der Waals surface area contributed by atoms with Gasteiger partial charge in [-0.2, -0.15) is 0 Å². The van der Waals surface area contributed by atoms with E-state index in [1.807, 2.05) is 0 Å². The third-order valence-corrected chi connectivity index (χ3v) is 3.03. The average Bonchev–Trinajstić information content (AvgIpc) is 2.49. The van der Waals surface area contributed by atoms with Gasteiger partial charge in [-0.3, -0.25) is 14.8 Å². The number of nitrogen functional groups attached to an aromatic ring is 1. The van der Waals surface area contributed by atoms with Gasteiger partial charge in [0.1, 0.15) is 0 Å². The number of anilines is 1. The van der Waals surface area contributed by atoms with Crippen LogP contribution < -0.4 is 5.73 Å². The maximum Gasteiger partial charge on any atom is 0.196 e. The van der Waals surface area contributed by atoms with Crippen LogP contribution in [0.4, 0.5) is 14.5 Å². The van der Waals surface area contributed by atoms with Crippen molar-refractivity contribution in [3.63, 3.8) is 0 Å². The summed E-state index contributed by atoms with van der Waals surface area (Å²) in [5, 5.41) is 0. The molecular weight excluding hydrogens is 276 g/mol. The van der Waals surface area contributed by atoms with Crippen LogP contribution in [0.2, 0.25) is 0 Å². The molecule has 104 valence electrons. The fourth-order valence-corrected chi connectivity index (χ4v) is 2.04. The SMILES string of the molecule is Nc1cc(F)c(F)c(C(=O)c2ccc3nccnc3c2)c1. The molecular formula is C15H9F2N3O. The van der Waals surface area contributed by atoms with Crippen molar-refractivity contribution in [2.24, 2.45) is 0 Å². The van der Waals surface area contributed by atoms with Crippen LogP contribution in [0, 0.1) is 11.6 Å². The first-order valence-electron chi connectivity index (χ1n) is 6.06. The van der Waals surface area contributed by atoms with Crippen molar-refractivity contribution in [3.8, 4) is 0 Å². The third-order valence-electron chi connectivity index (χ3n) is 3.03. The van der Waals surface area contributed by atoms with Gasteiger partial charge in [-0.05, 0) is 30.3 Å². The molecule has 0 aliphatic heterocycles. The number of fused-ring (bicyclic) bond motifs is 1. The van der Waals surface area contributed by atoms with Gasteiger partial charge in [-0.15, -0.1) is 0 Å². The molecule has 0 saturated heterocycles. The highest BCUT2D eigenvalue weighted by Gasteiger charge is 2.18. The Morgan fingerprint density at radius 2 is 1.71 bits per heavy atom. The minimum atomic E-state index is -1.21. The van der Waals surface area contributed by atoms with Gasteiger partial charge < -0.3 is 5.73 Å². The van der Waals surface area contributed by atoms with Crippen LogP contribution in [0.15, 0.2) is 42.7 Å². The lowest BCUT2D eigenvalue weighted by atomic mass is 10.0. The third kappa shape index (κ3) is 2.31. The Morgan fingerprint density at radius 3 is 2.48 bits per heavy atom. The molecule has 0 amide bonds. The number of nitrogens with zero attached hydrogens (tertiary/aromatic N) is 2. The summed E-state index contributed by atoms with van der Waals surface area (Å²) in [7, 11) is 0. The van der Waals surface area contributed by atoms with Crippen molar-refractivity contribution in [1.29, 1.82) is 0 Å². The van der Waals surface area contributed by atoms with Crippen molar-refractivity contribution in [3.05, 3.63) is 65.5 Å². The summed E-state index contributed by atoms with van der Waals surface area (Å²) in [5.74, 6) is -3.03. The standard InChI is InChI=1S/C15H9F2N3O/c16-11-7-9(18)6-10(14(11)17)15(21)8-1-2-12-13(5-8)20-4-3-19-12/h1-7H,18H2. The van der Waals surface area contributed by atoms with Crippen molar-refractivity contribution >= 4 is 22.5 Å². The summed E-state index contributed by atoms with van der Waals surface area (Å²) < 4.78 is 27.1. The first kappa shape index (κ1) is 13.1. The van der Waals surface area contributed by atoms with Gasteiger partial charge in [0.2, 0.25) is 0 Å². The zero-order valence-corrected chi connectivity index (χ0v) is 10.7. The fourth-order valence-electron chi connectivity index (χ4n) is 2.04. The van der Waals surface area contributed by atoms with Gasteiger partial charge in [0.15, 0.2) is 17.4 Å². The lowest BCUT2D eigenvalue weighted by Gasteiger charge is -2.06. The normalized spacial score (nSPS) is 10.8. The van der Waals surface area contributed by atoms with E-state index in [2.05, 4.69) is 9.97 Å². The molecule has 0 saturated carbocycles. The molecule has 2 aromatic carbocycles. The molecule has 1 aromatic heterocycles. The maximum atomic E-state index is 13.8. The lowest BCUT2D eigenvalue weighted by molar-refractivity contribution is 0.103. The molecule has 3 rings (SSSR count). The second-order valence-electron chi connectivity index (χ2n) is 4.45. The molecule has 0 aliphatic rings. The zero-order valence-electron chi connectivity index (χ0n) is 10.7. The molecule has 21 heavy (non-hydrogen) atoms. The molecule has 0 unspecified atom stereocenters. The average molecular weight is 285 g/mol. The molecule has 0 fully saturated rings. The van der Waals surface area contributed by atoms with Crippen LogP contribution in [0.5, 0.6) is 0 Å². The molecule has 6 heteroatoms. The maximum absolute atomic E-state index is 13.8. The van der Waals surface area contributed by atoms with E-state index >= 15 is 0 Å². The van der Waals surface area contributed by atoms with Crippen molar-refractivity contribution in [2.45, 2.75) is 0 Å². The highest BCUT2D eigenvalue weighted by molar-refractivity contribution is 6.10. The summed E-state index contributed by atoms with van der Waals surface area (Å²) in [6.45, 7) is 0. The summed E-state index contributed by atoms with van der Waals surface area (Å²) in [5.41, 5.74) is 6.32. The van der Waals surface area contributed by atoms with E-state index in [-0.39, 0.29) is 11.3 Å². The predicted octanol–water partition coefficient (Wildman–Crippen LogP) is 2.72. The molecule has 0 aliphatic carbocycles. The Hall–Kier alpha value is -2.89. The van der Waals surface area contributed by atoms with E-state index in [1.165, 1.54) is 24.5 Å². The minimum absolute atomic E-state index is 0.0159. The smallest absolute Gasteiger partial charge is 0.196 e. The number of carbonyl (C=O) groups excluding carboxylic acids is 1. The molecule has 3 aromatic rings. The Balaban J connectivity index is 2.12. The molecule has 0 spiro atoms. The van der Waals surface area contributed by atoms with E-state index in [0.717, 1.165) is 12.1 Å². The number of benzene rings is 2. The lowest BCUT2D eigenvalue weighted by Crippen LogP contribution is -2.07. The van der Waals surface area contributed by atoms with Crippen LogP contribution in [0.25, 0.3) is 11.0 Å².